The number of esters is 1. The predicted molar refractivity (Wildman–Crippen MR) is 97.2 cm³/mol. The second-order valence-electron chi connectivity index (χ2n) is 5.36. The lowest BCUT2D eigenvalue weighted by atomic mass is 10.1. The molecule has 130 valence electrons. The van der Waals surface area contributed by atoms with Crippen molar-refractivity contribution in [1.82, 2.24) is 0 Å². The van der Waals surface area contributed by atoms with E-state index in [2.05, 4.69) is 5.32 Å². The van der Waals surface area contributed by atoms with Gasteiger partial charge in [0, 0.05) is 16.8 Å². The SMILES string of the molecule is O=C(Oc1cc(Cl)ccc1C(=O)Nc1ccc(F)cc1)c1ccccc1. The smallest absolute Gasteiger partial charge is 0.343 e. The molecule has 0 atom stereocenters. The number of nitrogens with one attached hydrogen (secondary N) is 1. The van der Waals surface area contributed by atoms with Crippen molar-refractivity contribution in [2.75, 3.05) is 5.32 Å². The summed E-state index contributed by atoms with van der Waals surface area (Å²) in [6.45, 7) is 0. The molecule has 0 aliphatic rings. The summed E-state index contributed by atoms with van der Waals surface area (Å²) in [7, 11) is 0. The quantitative estimate of drug-likeness (QED) is 0.523. The van der Waals surface area contributed by atoms with Crippen LogP contribution in [0.2, 0.25) is 5.02 Å². The molecule has 6 heteroatoms. The highest BCUT2D eigenvalue weighted by molar-refractivity contribution is 6.31. The topological polar surface area (TPSA) is 55.4 Å². The second-order valence-corrected chi connectivity index (χ2v) is 5.79. The average Bonchev–Trinajstić information content (AvgIpc) is 2.64. The molecule has 0 spiro atoms. The Morgan fingerprint density at radius 1 is 0.923 bits per heavy atom. The summed E-state index contributed by atoms with van der Waals surface area (Å²) >= 11 is 5.96. The van der Waals surface area contributed by atoms with E-state index in [1.165, 1.54) is 42.5 Å². The molecule has 0 saturated carbocycles. The molecule has 3 aromatic carbocycles. The zero-order chi connectivity index (χ0) is 18.5. The van der Waals surface area contributed by atoms with Gasteiger partial charge in [0.15, 0.2) is 0 Å². The molecule has 0 bridgehead atoms. The Morgan fingerprint density at radius 3 is 2.31 bits per heavy atom. The number of amides is 1. The van der Waals surface area contributed by atoms with E-state index in [0.29, 0.717) is 16.3 Å². The van der Waals surface area contributed by atoms with Gasteiger partial charge in [0.05, 0.1) is 11.1 Å². The summed E-state index contributed by atoms with van der Waals surface area (Å²) in [5.74, 6) is -1.49. The van der Waals surface area contributed by atoms with Crippen LogP contribution in [0.5, 0.6) is 5.75 Å². The first-order valence-corrected chi connectivity index (χ1v) is 8.04. The number of anilines is 1. The normalized spacial score (nSPS) is 10.2. The Bertz CT molecular complexity index is 943. The molecular weight excluding hydrogens is 357 g/mol. The van der Waals surface area contributed by atoms with Crippen LogP contribution in [0.1, 0.15) is 20.7 Å². The van der Waals surface area contributed by atoms with E-state index in [1.807, 2.05) is 0 Å². The van der Waals surface area contributed by atoms with Gasteiger partial charge >= 0.3 is 5.97 Å². The number of hydrogen-bond acceptors (Lipinski definition) is 3. The fourth-order valence-electron chi connectivity index (χ4n) is 2.23. The molecule has 0 aliphatic carbocycles. The van der Waals surface area contributed by atoms with E-state index in [1.54, 1.807) is 30.3 Å². The molecule has 0 saturated heterocycles. The summed E-state index contributed by atoms with van der Waals surface area (Å²) in [4.78, 5) is 24.8. The van der Waals surface area contributed by atoms with Crippen molar-refractivity contribution >= 4 is 29.2 Å². The standard InChI is InChI=1S/C20H13ClFNO3/c21-14-6-11-17(19(24)23-16-9-7-15(22)8-10-16)18(12-14)26-20(25)13-4-2-1-3-5-13/h1-12H,(H,23,24). The third-order valence-corrected chi connectivity index (χ3v) is 3.74. The zero-order valence-corrected chi connectivity index (χ0v) is 14.2. The number of carbonyl (C=O) groups is 2. The molecule has 0 radical (unpaired) electrons. The minimum Gasteiger partial charge on any atom is -0.422 e. The molecule has 4 nitrogen and oxygen atoms in total. The van der Waals surface area contributed by atoms with Crippen molar-refractivity contribution in [2.45, 2.75) is 0 Å². The minimum absolute atomic E-state index is 0.0333. The maximum absolute atomic E-state index is 13.0. The number of halogens is 2. The van der Waals surface area contributed by atoms with E-state index in [9.17, 15) is 14.0 Å². The minimum atomic E-state index is -0.608. The maximum atomic E-state index is 13.0. The molecule has 0 heterocycles. The summed E-state index contributed by atoms with van der Waals surface area (Å²) in [5, 5.41) is 2.94. The van der Waals surface area contributed by atoms with Crippen molar-refractivity contribution in [3.63, 3.8) is 0 Å². The molecule has 1 N–H and O–H groups in total. The van der Waals surface area contributed by atoms with Crippen LogP contribution in [-0.4, -0.2) is 11.9 Å². The van der Waals surface area contributed by atoms with E-state index < -0.39 is 17.7 Å². The lowest BCUT2D eigenvalue weighted by Gasteiger charge is -2.11. The highest BCUT2D eigenvalue weighted by Gasteiger charge is 2.17. The largest absolute Gasteiger partial charge is 0.422 e. The van der Waals surface area contributed by atoms with Gasteiger partial charge in [-0.05, 0) is 48.5 Å². The van der Waals surface area contributed by atoms with Crippen LogP contribution in [0.15, 0.2) is 72.8 Å². The van der Waals surface area contributed by atoms with E-state index in [0.717, 1.165) is 0 Å². The third kappa shape index (κ3) is 4.26. The van der Waals surface area contributed by atoms with E-state index in [4.69, 9.17) is 16.3 Å². The highest BCUT2D eigenvalue weighted by Crippen LogP contribution is 2.25. The molecule has 0 aliphatic heterocycles. The Hall–Kier alpha value is -3.18. The first-order valence-electron chi connectivity index (χ1n) is 7.66. The maximum Gasteiger partial charge on any atom is 0.343 e. The van der Waals surface area contributed by atoms with Crippen molar-refractivity contribution in [1.29, 1.82) is 0 Å². The fourth-order valence-corrected chi connectivity index (χ4v) is 2.39. The molecule has 0 unspecified atom stereocenters. The van der Waals surface area contributed by atoms with Crippen molar-refractivity contribution in [3.05, 3.63) is 94.8 Å². The molecular formula is C20H13ClFNO3. The molecule has 3 aromatic rings. The average molecular weight is 370 g/mol. The molecule has 1 amide bonds. The number of ether oxygens (including phenoxy) is 1. The molecule has 0 aromatic heterocycles. The van der Waals surface area contributed by atoms with Crippen molar-refractivity contribution in [3.8, 4) is 5.75 Å². The van der Waals surface area contributed by atoms with Crippen LogP contribution in [-0.2, 0) is 0 Å². The van der Waals surface area contributed by atoms with Crippen molar-refractivity contribution < 1.29 is 18.7 Å². The van der Waals surface area contributed by atoms with Crippen LogP contribution in [0.4, 0.5) is 10.1 Å². The highest BCUT2D eigenvalue weighted by atomic mass is 35.5. The Kier molecular flexibility index (Phi) is 5.29. The summed E-state index contributed by atoms with van der Waals surface area (Å²) in [5.41, 5.74) is 0.882. The van der Waals surface area contributed by atoms with Crippen LogP contribution >= 0.6 is 11.6 Å². The van der Waals surface area contributed by atoms with Crippen LogP contribution in [0.25, 0.3) is 0 Å². The summed E-state index contributed by atoms with van der Waals surface area (Å²) < 4.78 is 18.3. The lowest BCUT2D eigenvalue weighted by molar-refractivity contribution is 0.0733. The fraction of sp³-hybridized carbons (Fsp3) is 0. The third-order valence-electron chi connectivity index (χ3n) is 3.50. The van der Waals surface area contributed by atoms with Gasteiger partial charge in [-0.1, -0.05) is 29.8 Å². The molecule has 0 fully saturated rings. The summed E-state index contributed by atoms with van der Waals surface area (Å²) in [6.07, 6.45) is 0. The van der Waals surface area contributed by atoms with E-state index in [-0.39, 0.29) is 11.3 Å². The van der Waals surface area contributed by atoms with Gasteiger partial charge in [0.25, 0.3) is 5.91 Å². The zero-order valence-electron chi connectivity index (χ0n) is 13.4. The first kappa shape index (κ1) is 17.6. The Morgan fingerprint density at radius 2 is 1.62 bits per heavy atom. The van der Waals surface area contributed by atoms with Crippen LogP contribution in [0.3, 0.4) is 0 Å². The Labute approximate surface area is 154 Å². The number of hydrogen-bond donors (Lipinski definition) is 1. The number of benzene rings is 3. The van der Waals surface area contributed by atoms with Crippen LogP contribution in [0, 0.1) is 5.82 Å². The van der Waals surface area contributed by atoms with Gasteiger partial charge in [0.1, 0.15) is 11.6 Å². The Balaban J connectivity index is 1.84. The van der Waals surface area contributed by atoms with Gasteiger partial charge in [-0.2, -0.15) is 0 Å². The van der Waals surface area contributed by atoms with Gasteiger partial charge in [0.2, 0.25) is 0 Å². The van der Waals surface area contributed by atoms with Gasteiger partial charge < -0.3 is 10.1 Å². The lowest BCUT2D eigenvalue weighted by Crippen LogP contribution is -2.16. The van der Waals surface area contributed by atoms with Crippen molar-refractivity contribution in [2.24, 2.45) is 0 Å². The van der Waals surface area contributed by atoms with Gasteiger partial charge in [-0.25, -0.2) is 9.18 Å². The number of carbonyl (C=O) groups excluding carboxylic acids is 2. The monoisotopic (exact) mass is 369 g/mol. The molecule has 3 rings (SSSR count). The predicted octanol–water partition coefficient (Wildman–Crippen LogP) is 4.95. The van der Waals surface area contributed by atoms with E-state index >= 15 is 0 Å². The number of rotatable bonds is 4. The van der Waals surface area contributed by atoms with Crippen LogP contribution < -0.4 is 10.1 Å². The van der Waals surface area contributed by atoms with Gasteiger partial charge in [-0.15, -0.1) is 0 Å². The van der Waals surface area contributed by atoms with Gasteiger partial charge in [-0.3, -0.25) is 4.79 Å². The molecule has 26 heavy (non-hydrogen) atoms. The second kappa shape index (κ2) is 7.80. The summed E-state index contributed by atoms with van der Waals surface area (Å²) in [6, 6.07) is 18.1. The first-order chi connectivity index (χ1) is 12.5.